The minimum absolute atomic E-state index is 0.352. The first-order valence-corrected chi connectivity index (χ1v) is 8.03. The van der Waals surface area contributed by atoms with Gasteiger partial charge >= 0.3 is 0 Å². The Morgan fingerprint density at radius 1 is 1.08 bits per heavy atom. The molecule has 0 saturated carbocycles. The minimum atomic E-state index is -2.47. The van der Waals surface area contributed by atoms with E-state index in [4.69, 9.17) is 9.47 Å². The van der Waals surface area contributed by atoms with Crippen molar-refractivity contribution in [2.24, 2.45) is 0 Å². The van der Waals surface area contributed by atoms with E-state index in [-0.39, 0.29) is 5.91 Å². The molecule has 128 valence electrons. The summed E-state index contributed by atoms with van der Waals surface area (Å²) in [5.74, 6) is -1.83. The van der Waals surface area contributed by atoms with Gasteiger partial charge in [-0.25, -0.2) is 0 Å². The van der Waals surface area contributed by atoms with Gasteiger partial charge in [-0.3, -0.25) is 4.79 Å². The molecular formula is C17H17F2NO3S. The molecule has 1 atom stereocenters. The third-order valence-electron chi connectivity index (χ3n) is 3.09. The molecule has 7 heteroatoms. The number of carbonyl (C=O) groups excluding carboxylic acids is 1. The number of thioether (sulfide) groups is 1. The molecule has 0 bridgehead atoms. The molecule has 2 aromatic carbocycles. The van der Waals surface area contributed by atoms with E-state index >= 15 is 0 Å². The van der Waals surface area contributed by atoms with Crippen LogP contribution in [0.15, 0.2) is 53.4 Å². The number of alkyl halides is 2. The van der Waals surface area contributed by atoms with E-state index in [1.54, 1.807) is 43.3 Å². The number of anilines is 1. The maximum absolute atomic E-state index is 12.3. The number of ether oxygens (including phenoxy) is 2. The Morgan fingerprint density at radius 3 is 2.29 bits per heavy atom. The Labute approximate surface area is 143 Å². The number of hydrogen-bond acceptors (Lipinski definition) is 4. The molecule has 0 saturated heterocycles. The first-order valence-electron chi connectivity index (χ1n) is 7.15. The number of carbonyl (C=O) groups is 1. The average Bonchev–Trinajstić information content (AvgIpc) is 2.56. The molecule has 0 heterocycles. The third-order valence-corrected chi connectivity index (χ3v) is 3.81. The molecule has 1 N–H and O–H groups in total. The molecule has 24 heavy (non-hydrogen) atoms. The Kier molecular flexibility index (Phi) is 6.43. The fraction of sp³-hybridized carbons (Fsp3) is 0.235. The highest BCUT2D eigenvalue weighted by Crippen LogP contribution is 2.28. The van der Waals surface area contributed by atoms with Crippen LogP contribution in [0.1, 0.15) is 6.92 Å². The lowest BCUT2D eigenvalue weighted by Gasteiger charge is -2.16. The third kappa shape index (κ3) is 5.13. The molecule has 1 unspecified atom stereocenters. The maximum atomic E-state index is 12.3. The number of para-hydroxylation sites is 2. The van der Waals surface area contributed by atoms with Gasteiger partial charge in [0, 0.05) is 10.6 Å². The van der Waals surface area contributed by atoms with E-state index in [9.17, 15) is 13.6 Å². The highest BCUT2D eigenvalue weighted by Gasteiger charge is 2.17. The second kappa shape index (κ2) is 8.54. The second-order valence-electron chi connectivity index (χ2n) is 4.80. The summed E-state index contributed by atoms with van der Waals surface area (Å²) in [5.41, 5.74) is 0.508. The largest absolute Gasteiger partial charge is 0.493 e. The number of methoxy groups -OCH3 is 1. The van der Waals surface area contributed by atoms with Crippen LogP contribution in [0.5, 0.6) is 11.5 Å². The number of nitrogens with one attached hydrogen (secondary N) is 1. The summed E-state index contributed by atoms with van der Waals surface area (Å²) in [6.45, 7) is 1.61. The fourth-order valence-corrected chi connectivity index (χ4v) is 2.42. The number of halogens is 2. The lowest BCUT2D eigenvalue weighted by atomic mass is 10.3. The van der Waals surface area contributed by atoms with Crippen molar-refractivity contribution >= 4 is 23.4 Å². The lowest BCUT2D eigenvalue weighted by Crippen LogP contribution is -2.30. The summed E-state index contributed by atoms with van der Waals surface area (Å²) in [6.07, 6.45) is -0.753. The summed E-state index contributed by atoms with van der Waals surface area (Å²) in [5, 5.41) is 2.68. The molecule has 4 nitrogen and oxygen atoms in total. The van der Waals surface area contributed by atoms with Crippen molar-refractivity contribution in [1.29, 1.82) is 0 Å². The van der Waals surface area contributed by atoms with E-state index in [0.717, 1.165) is 0 Å². The van der Waals surface area contributed by atoms with Crippen molar-refractivity contribution in [2.75, 3.05) is 12.4 Å². The molecule has 0 aliphatic rings. The van der Waals surface area contributed by atoms with Crippen molar-refractivity contribution in [1.82, 2.24) is 0 Å². The molecule has 0 aliphatic heterocycles. The monoisotopic (exact) mass is 353 g/mol. The Morgan fingerprint density at radius 2 is 1.71 bits per heavy atom. The first-order chi connectivity index (χ1) is 11.5. The van der Waals surface area contributed by atoms with E-state index in [0.29, 0.717) is 33.8 Å². The van der Waals surface area contributed by atoms with Crippen molar-refractivity contribution in [3.8, 4) is 11.5 Å². The number of hydrogen-bond donors (Lipinski definition) is 1. The quantitative estimate of drug-likeness (QED) is 0.749. The SMILES string of the molecule is COc1ccccc1OC(C)C(=O)Nc1ccc(SC(F)F)cc1. The van der Waals surface area contributed by atoms with Crippen LogP contribution in [0.3, 0.4) is 0 Å². The van der Waals surface area contributed by atoms with Crippen molar-refractivity contribution in [3.63, 3.8) is 0 Å². The van der Waals surface area contributed by atoms with Crippen LogP contribution in [0.25, 0.3) is 0 Å². The minimum Gasteiger partial charge on any atom is -0.493 e. The maximum Gasteiger partial charge on any atom is 0.288 e. The standard InChI is InChI=1S/C17H17F2NO3S/c1-11(23-15-6-4-3-5-14(15)22-2)16(21)20-12-7-9-13(10-8-12)24-17(18)19/h3-11,17H,1-2H3,(H,20,21). The molecule has 2 rings (SSSR count). The molecule has 0 aromatic heterocycles. The van der Waals surface area contributed by atoms with E-state index in [1.807, 2.05) is 0 Å². The van der Waals surface area contributed by atoms with E-state index < -0.39 is 11.9 Å². The first kappa shape index (κ1) is 18.1. The molecule has 0 aliphatic carbocycles. The molecule has 0 fully saturated rings. The summed E-state index contributed by atoms with van der Waals surface area (Å²) in [7, 11) is 1.52. The zero-order chi connectivity index (χ0) is 17.5. The van der Waals surface area contributed by atoms with Gasteiger partial charge in [0.1, 0.15) is 0 Å². The predicted molar refractivity (Wildman–Crippen MR) is 90.0 cm³/mol. The van der Waals surface area contributed by atoms with Gasteiger partial charge in [0.25, 0.3) is 11.7 Å². The van der Waals surface area contributed by atoms with Gasteiger partial charge < -0.3 is 14.8 Å². The summed E-state index contributed by atoms with van der Waals surface area (Å²) in [6, 6.07) is 13.2. The van der Waals surface area contributed by atoms with Crippen LogP contribution in [0, 0.1) is 0 Å². The zero-order valence-corrected chi connectivity index (χ0v) is 14.0. The van der Waals surface area contributed by atoms with Gasteiger partial charge in [-0.15, -0.1) is 0 Å². The van der Waals surface area contributed by atoms with Crippen molar-refractivity contribution < 1.29 is 23.0 Å². The highest BCUT2D eigenvalue weighted by molar-refractivity contribution is 7.99. The van der Waals surface area contributed by atoms with Gasteiger partial charge in [0.2, 0.25) is 0 Å². The van der Waals surface area contributed by atoms with Crippen LogP contribution in [0.2, 0.25) is 0 Å². The van der Waals surface area contributed by atoms with E-state index in [1.165, 1.54) is 19.2 Å². The van der Waals surface area contributed by atoms with Crippen LogP contribution < -0.4 is 14.8 Å². The van der Waals surface area contributed by atoms with Crippen molar-refractivity contribution in [2.45, 2.75) is 23.7 Å². The Hall–Kier alpha value is -2.28. The Bertz CT molecular complexity index is 680. The molecule has 0 radical (unpaired) electrons. The van der Waals surface area contributed by atoms with Crippen LogP contribution >= 0.6 is 11.8 Å². The zero-order valence-electron chi connectivity index (χ0n) is 13.2. The normalized spacial score (nSPS) is 11.9. The van der Waals surface area contributed by atoms with Crippen LogP contribution in [-0.2, 0) is 4.79 Å². The Balaban J connectivity index is 1.96. The fourth-order valence-electron chi connectivity index (χ4n) is 1.92. The predicted octanol–water partition coefficient (Wildman–Crippen LogP) is 4.42. The molecular weight excluding hydrogens is 336 g/mol. The summed E-state index contributed by atoms with van der Waals surface area (Å²) < 4.78 is 35.3. The van der Waals surface area contributed by atoms with Crippen LogP contribution in [-0.4, -0.2) is 24.9 Å². The van der Waals surface area contributed by atoms with Crippen LogP contribution in [0.4, 0.5) is 14.5 Å². The van der Waals surface area contributed by atoms with Gasteiger partial charge in [0.15, 0.2) is 17.6 Å². The van der Waals surface area contributed by atoms with E-state index in [2.05, 4.69) is 5.32 Å². The molecule has 0 spiro atoms. The topological polar surface area (TPSA) is 47.6 Å². The lowest BCUT2D eigenvalue weighted by molar-refractivity contribution is -0.122. The smallest absolute Gasteiger partial charge is 0.288 e. The number of rotatable bonds is 7. The number of amides is 1. The highest BCUT2D eigenvalue weighted by atomic mass is 32.2. The van der Waals surface area contributed by atoms with Crippen molar-refractivity contribution in [3.05, 3.63) is 48.5 Å². The van der Waals surface area contributed by atoms with Gasteiger partial charge in [-0.1, -0.05) is 23.9 Å². The summed E-state index contributed by atoms with van der Waals surface area (Å²) in [4.78, 5) is 12.6. The van der Waals surface area contributed by atoms with Gasteiger partial charge in [0.05, 0.1) is 7.11 Å². The van der Waals surface area contributed by atoms with Gasteiger partial charge in [-0.2, -0.15) is 8.78 Å². The molecule has 2 aromatic rings. The average molecular weight is 353 g/mol. The van der Waals surface area contributed by atoms with Gasteiger partial charge in [-0.05, 0) is 43.3 Å². The molecule has 1 amide bonds. The second-order valence-corrected chi connectivity index (χ2v) is 5.87. The summed E-state index contributed by atoms with van der Waals surface area (Å²) >= 11 is 0.454. The number of benzene rings is 2.